The summed E-state index contributed by atoms with van der Waals surface area (Å²) in [5, 5.41) is 7.04. The lowest BCUT2D eigenvalue weighted by atomic mass is 10.0. The van der Waals surface area contributed by atoms with Gasteiger partial charge in [0.05, 0.1) is 11.4 Å². The lowest BCUT2D eigenvalue weighted by molar-refractivity contribution is 0.475. The normalized spacial score (nSPS) is 16.1. The summed E-state index contributed by atoms with van der Waals surface area (Å²) in [7, 11) is 0. The minimum atomic E-state index is 0.0248. The highest BCUT2D eigenvalue weighted by Crippen LogP contribution is 2.38. The van der Waals surface area contributed by atoms with Crippen LogP contribution in [0.25, 0.3) is 11.3 Å². The summed E-state index contributed by atoms with van der Waals surface area (Å²) in [4.78, 5) is 0. The third-order valence-corrected chi connectivity index (χ3v) is 5.65. The highest BCUT2D eigenvalue weighted by molar-refractivity contribution is 9.10. The summed E-state index contributed by atoms with van der Waals surface area (Å²) in [6, 6.07) is 32.9. The zero-order valence-electron chi connectivity index (χ0n) is 15.7. The summed E-state index contributed by atoms with van der Waals surface area (Å²) in [6.45, 7) is 0. The molecule has 1 aliphatic heterocycles. The molecular formula is C25H19BrN2O. The van der Waals surface area contributed by atoms with E-state index < -0.39 is 0 Å². The van der Waals surface area contributed by atoms with Crippen LogP contribution in [0.5, 0.6) is 0 Å². The van der Waals surface area contributed by atoms with Crippen molar-refractivity contribution in [3.8, 4) is 11.3 Å². The van der Waals surface area contributed by atoms with Gasteiger partial charge in [0, 0.05) is 16.5 Å². The van der Waals surface area contributed by atoms with Crippen molar-refractivity contribution in [1.82, 2.24) is 0 Å². The van der Waals surface area contributed by atoms with Crippen molar-refractivity contribution in [1.29, 1.82) is 0 Å². The molecule has 3 nitrogen and oxygen atoms in total. The van der Waals surface area contributed by atoms with Gasteiger partial charge in [-0.25, -0.2) is 0 Å². The molecule has 0 amide bonds. The maximum Gasteiger partial charge on any atom is 0.134 e. The van der Waals surface area contributed by atoms with Crippen molar-refractivity contribution in [3.63, 3.8) is 0 Å². The third-order valence-electron chi connectivity index (χ3n) is 5.12. The van der Waals surface area contributed by atoms with Gasteiger partial charge in [0.2, 0.25) is 0 Å². The van der Waals surface area contributed by atoms with Crippen LogP contribution in [0.15, 0.2) is 111 Å². The number of furan rings is 1. The minimum absolute atomic E-state index is 0.0248. The van der Waals surface area contributed by atoms with Crippen LogP contribution in [0.2, 0.25) is 0 Å². The third kappa shape index (κ3) is 3.64. The van der Waals surface area contributed by atoms with Crippen LogP contribution in [0.3, 0.4) is 0 Å². The van der Waals surface area contributed by atoms with Gasteiger partial charge in [-0.1, -0.05) is 76.6 Å². The van der Waals surface area contributed by atoms with Gasteiger partial charge in [0.25, 0.3) is 0 Å². The largest absolute Gasteiger partial charge is 0.459 e. The van der Waals surface area contributed by atoms with Crippen molar-refractivity contribution in [3.05, 3.63) is 113 Å². The number of halogens is 1. The molecule has 5 rings (SSSR count). The summed E-state index contributed by atoms with van der Waals surface area (Å²) < 4.78 is 7.35. The molecule has 1 atom stereocenters. The van der Waals surface area contributed by atoms with Gasteiger partial charge in [-0.2, -0.15) is 5.10 Å². The Labute approximate surface area is 178 Å². The number of benzene rings is 3. The molecule has 0 bridgehead atoms. The number of hydrogen-bond donors (Lipinski definition) is 0. The number of nitrogens with zero attached hydrogens (tertiary/aromatic N) is 2. The molecule has 0 spiro atoms. The Kier molecular flexibility index (Phi) is 4.78. The fourth-order valence-electron chi connectivity index (χ4n) is 3.66. The fraction of sp³-hybridized carbons (Fsp3) is 0.0800. The Morgan fingerprint density at radius 3 is 2.17 bits per heavy atom. The monoisotopic (exact) mass is 442 g/mol. The first kappa shape index (κ1) is 18.0. The molecule has 0 aliphatic carbocycles. The molecule has 142 valence electrons. The lowest BCUT2D eigenvalue weighted by Gasteiger charge is -2.21. The standard InChI is InChI=1S/C25H19BrN2O/c26-20-13-11-19(12-14-20)24-15-16-25(29-24)23-17-22(18-7-3-1-4-8-18)27-28(23)21-9-5-2-6-10-21/h1-16,23H,17H2. The van der Waals surface area contributed by atoms with Gasteiger partial charge in [-0.15, -0.1) is 0 Å². The first-order valence-electron chi connectivity index (χ1n) is 9.61. The van der Waals surface area contributed by atoms with Gasteiger partial charge in [0.15, 0.2) is 0 Å². The quantitative estimate of drug-likeness (QED) is 0.338. The first-order chi connectivity index (χ1) is 14.3. The second-order valence-corrected chi connectivity index (χ2v) is 7.94. The van der Waals surface area contributed by atoms with Gasteiger partial charge in [-0.3, -0.25) is 5.01 Å². The lowest BCUT2D eigenvalue weighted by Crippen LogP contribution is -2.17. The molecule has 2 heterocycles. The molecule has 1 aromatic heterocycles. The highest BCUT2D eigenvalue weighted by Gasteiger charge is 2.32. The molecule has 0 radical (unpaired) electrons. The SMILES string of the molecule is Brc1ccc(-c2ccc(C3CC(c4ccccc4)=NN3c3ccccc3)o2)cc1. The maximum atomic E-state index is 6.30. The summed E-state index contributed by atoms with van der Waals surface area (Å²) >= 11 is 3.49. The number of hydrazone groups is 1. The minimum Gasteiger partial charge on any atom is -0.459 e. The van der Waals surface area contributed by atoms with E-state index in [0.717, 1.165) is 44.9 Å². The van der Waals surface area contributed by atoms with E-state index in [-0.39, 0.29) is 6.04 Å². The molecule has 0 saturated heterocycles. The van der Waals surface area contributed by atoms with E-state index in [9.17, 15) is 0 Å². The second kappa shape index (κ2) is 7.72. The van der Waals surface area contributed by atoms with Crippen LogP contribution in [-0.4, -0.2) is 5.71 Å². The predicted octanol–water partition coefficient (Wildman–Crippen LogP) is 7.06. The van der Waals surface area contributed by atoms with Gasteiger partial charge in [0.1, 0.15) is 17.6 Å². The molecule has 3 aromatic carbocycles. The molecular weight excluding hydrogens is 424 g/mol. The second-order valence-electron chi connectivity index (χ2n) is 7.02. The number of hydrogen-bond acceptors (Lipinski definition) is 3. The molecule has 1 aliphatic rings. The van der Waals surface area contributed by atoms with Crippen LogP contribution in [0.4, 0.5) is 5.69 Å². The van der Waals surface area contributed by atoms with E-state index in [1.54, 1.807) is 0 Å². The fourth-order valence-corrected chi connectivity index (χ4v) is 3.92. The summed E-state index contributed by atoms with van der Waals surface area (Å²) in [6.07, 6.45) is 0.798. The van der Waals surface area contributed by atoms with Crippen molar-refractivity contribution >= 4 is 27.3 Å². The molecule has 4 aromatic rings. The molecule has 0 N–H and O–H groups in total. The average molecular weight is 443 g/mol. The highest BCUT2D eigenvalue weighted by atomic mass is 79.9. The van der Waals surface area contributed by atoms with E-state index in [1.807, 2.05) is 42.5 Å². The van der Waals surface area contributed by atoms with E-state index >= 15 is 0 Å². The Morgan fingerprint density at radius 1 is 0.759 bits per heavy atom. The number of anilines is 1. The van der Waals surface area contributed by atoms with E-state index in [1.165, 1.54) is 0 Å². The Bertz CT molecular complexity index is 1130. The van der Waals surface area contributed by atoms with E-state index in [0.29, 0.717) is 0 Å². The smallest absolute Gasteiger partial charge is 0.134 e. The first-order valence-corrected chi connectivity index (χ1v) is 10.4. The van der Waals surface area contributed by atoms with Crippen molar-refractivity contribution < 1.29 is 4.42 Å². The maximum absolute atomic E-state index is 6.30. The molecule has 0 saturated carbocycles. The van der Waals surface area contributed by atoms with Crippen LogP contribution in [0, 0.1) is 0 Å². The topological polar surface area (TPSA) is 28.7 Å². The van der Waals surface area contributed by atoms with Crippen LogP contribution in [-0.2, 0) is 0 Å². The van der Waals surface area contributed by atoms with E-state index in [2.05, 4.69) is 75.5 Å². The Morgan fingerprint density at radius 2 is 1.45 bits per heavy atom. The van der Waals surface area contributed by atoms with E-state index in [4.69, 9.17) is 9.52 Å². The number of para-hydroxylation sites is 1. The average Bonchev–Trinajstić information content (AvgIpc) is 3.43. The van der Waals surface area contributed by atoms with Gasteiger partial charge >= 0.3 is 0 Å². The molecule has 4 heteroatoms. The Balaban J connectivity index is 1.51. The molecule has 1 unspecified atom stereocenters. The van der Waals surface area contributed by atoms with Gasteiger partial charge in [-0.05, 0) is 42.0 Å². The summed E-state index contributed by atoms with van der Waals surface area (Å²) in [5.74, 6) is 1.79. The zero-order chi connectivity index (χ0) is 19.6. The van der Waals surface area contributed by atoms with Gasteiger partial charge < -0.3 is 4.42 Å². The Hall–Kier alpha value is -3.11. The number of rotatable bonds is 4. The molecule has 0 fully saturated rings. The molecule has 29 heavy (non-hydrogen) atoms. The predicted molar refractivity (Wildman–Crippen MR) is 121 cm³/mol. The van der Waals surface area contributed by atoms with Crippen LogP contribution in [0.1, 0.15) is 23.8 Å². The van der Waals surface area contributed by atoms with Crippen molar-refractivity contribution in [2.45, 2.75) is 12.5 Å². The van der Waals surface area contributed by atoms with Crippen LogP contribution < -0.4 is 5.01 Å². The van der Waals surface area contributed by atoms with Crippen molar-refractivity contribution in [2.75, 3.05) is 5.01 Å². The van der Waals surface area contributed by atoms with Crippen LogP contribution >= 0.6 is 15.9 Å². The van der Waals surface area contributed by atoms with Crippen molar-refractivity contribution in [2.24, 2.45) is 5.10 Å². The summed E-state index contributed by atoms with van der Waals surface area (Å²) in [5.41, 5.74) is 4.34. The zero-order valence-corrected chi connectivity index (χ0v) is 17.3.